The SMILES string of the molecule is Cc1c(C(=O)NCCc2ccccc2)oc2ccc3c(c12)[C@H](O)CC1(CCCCC1)O3. The largest absolute Gasteiger partial charge is 0.487 e. The van der Waals surface area contributed by atoms with E-state index in [0.717, 1.165) is 54.4 Å². The van der Waals surface area contributed by atoms with E-state index in [1.54, 1.807) is 0 Å². The summed E-state index contributed by atoms with van der Waals surface area (Å²) in [6.07, 6.45) is 6.23. The quantitative estimate of drug-likeness (QED) is 0.607. The Morgan fingerprint density at radius 3 is 2.68 bits per heavy atom. The fraction of sp³-hybridized carbons (Fsp3) is 0.423. The summed E-state index contributed by atoms with van der Waals surface area (Å²) in [5.41, 5.74) is 3.06. The molecule has 0 radical (unpaired) electrons. The number of benzene rings is 2. The average Bonchev–Trinajstić information content (AvgIpc) is 3.11. The summed E-state index contributed by atoms with van der Waals surface area (Å²) >= 11 is 0. The van der Waals surface area contributed by atoms with Crippen LogP contribution in [0.3, 0.4) is 0 Å². The number of fused-ring (bicyclic) bond motifs is 3. The molecule has 1 fully saturated rings. The van der Waals surface area contributed by atoms with Crippen LogP contribution in [0.2, 0.25) is 0 Å². The third kappa shape index (κ3) is 3.72. The van der Waals surface area contributed by atoms with E-state index in [2.05, 4.69) is 5.32 Å². The van der Waals surface area contributed by atoms with Gasteiger partial charge < -0.3 is 19.6 Å². The van der Waals surface area contributed by atoms with Gasteiger partial charge in [-0.05, 0) is 56.7 Å². The topological polar surface area (TPSA) is 71.7 Å². The lowest BCUT2D eigenvalue weighted by atomic mass is 9.77. The lowest BCUT2D eigenvalue weighted by Crippen LogP contribution is -2.42. The molecule has 1 aliphatic carbocycles. The Kier molecular flexibility index (Phi) is 5.22. The summed E-state index contributed by atoms with van der Waals surface area (Å²) in [5.74, 6) is 0.808. The van der Waals surface area contributed by atoms with Gasteiger partial charge in [-0.1, -0.05) is 36.8 Å². The molecule has 1 aromatic heterocycles. The summed E-state index contributed by atoms with van der Waals surface area (Å²) in [6, 6.07) is 13.8. The molecule has 3 aromatic rings. The minimum atomic E-state index is -0.615. The first-order chi connectivity index (χ1) is 15.1. The standard InChI is InChI=1S/C26H29NO4/c1-17-22-20(30-24(17)25(29)27-15-12-18-8-4-2-5-9-18)10-11-21-23(22)19(28)16-26(31-21)13-6-3-7-14-26/h2,4-5,8-11,19,28H,3,6-7,12-16H2,1H3,(H,27,29)/t19-/m1/s1. The molecular weight excluding hydrogens is 390 g/mol. The Morgan fingerprint density at radius 1 is 1.13 bits per heavy atom. The molecule has 1 amide bonds. The van der Waals surface area contributed by atoms with Crippen molar-refractivity contribution in [2.45, 2.75) is 63.6 Å². The third-order valence-corrected chi connectivity index (χ3v) is 6.83. The number of carbonyl (C=O) groups excluding carboxylic acids is 1. The summed E-state index contributed by atoms with van der Waals surface area (Å²) in [6.45, 7) is 2.42. The highest BCUT2D eigenvalue weighted by atomic mass is 16.5. The number of aliphatic hydroxyl groups excluding tert-OH is 1. The highest BCUT2D eigenvalue weighted by molar-refractivity contribution is 6.00. The van der Waals surface area contributed by atoms with Gasteiger partial charge in [-0.25, -0.2) is 0 Å². The molecular formula is C26H29NO4. The highest BCUT2D eigenvalue weighted by Gasteiger charge is 2.42. The summed E-state index contributed by atoms with van der Waals surface area (Å²) in [4.78, 5) is 12.8. The first-order valence-electron chi connectivity index (χ1n) is 11.3. The van der Waals surface area contributed by atoms with Gasteiger partial charge in [-0.15, -0.1) is 0 Å². The number of nitrogens with one attached hydrogen (secondary N) is 1. The highest BCUT2D eigenvalue weighted by Crippen LogP contribution is 2.49. The molecule has 0 unspecified atom stereocenters. The number of rotatable bonds is 4. The Hall–Kier alpha value is -2.79. The second-order valence-corrected chi connectivity index (χ2v) is 8.96. The zero-order chi connectivity index (χ0) is 21.4. The van der Waals surface area contributed by atoms with Crippen LogP contribution in [0.25, 0.3) is 11.0 Å². The van der Waals surface area contributed by atoms with Crippen molar-refractivity contribution in [3.63, 3.8) is 0 Å². The molecule has 1 aliphatic heterocycles. The van der Waals surface area contributed by atoms with Crippen LogP contribution in [-0.4, -0.2) is 23.2 Å². The van der Waals surface area contributed by atoms with Crippen LogP contribution < -0.4 is 10.1 Å². The van der Waals surface area contributed by atoms with Crippen molar-refractivity contribution >= 4 is 16.9 Å². The minimum absolute atomic E-state index is 0.228. The van der Waals surface area contributed by atoms with E-state index >= 15 is 0 Å². The van der Waals surface area contributed by atoms with Gasteiger partial charge in [0.25, 0.3) is 5.91 Å². The van der Waals surface area contributed by atoms with Crippen LogP contribution >= 0.6 is 0 Å². The van der Waals surface area contributed by atoms with Gasteiger partial charge in [0.1, 0.15) is 16.9 Å². The first kappa shape index (κ1) is 20.1. The number of ether oxygens (including phenoxy) is 1. The monoisotopic (exact) mass is 419 g/mol. The average molecular weight is 420 g/mol. The first-order valence-corrected chi connectivity index (χ1v) is 11.3. The second kappa shape index (κ2) is 8.04. The molecule has 1 spiro atoms. The summed E-state index contributed by atoms with van der Waals surface area (Å²) < 4.78 is 12.4. The van der Waals surface area contributed by atoms with Crippen LogP contribution in [0.15, 0.2) is 46.9 Å². The Labute approximate surface area is 182 Å². The van der Waals surface area contributed by atoms with Crippen LogP contribution in [0.4, 0.5) is 0 Å². The second-order valence-electron chi connectivity index (χ2n) is 8.96. The lowest BCUT2D eigenvalue weighted by molar-refractivity contribution is -0.0373. The maximum absolute atomic E-state index is 12.8. The van der Waals surface area contributed by atoms with Crippen LogP contribution in [0.1, 0.15) is 71.9 Å². The van der Waals surface area contributed by atoms with Crippen LogP contribution in [0, 0.1) is 6.92 Å². The number of hydrogen-bond donors (Lipinski definition) is 2. The van der Waals surface area contributed by atoms with E-state index in [9.17, 15) is 9.90 Å². The number of carbonyl (C=O) groups is 1. The van der Waals surface area contributed by atoms with E-state index in [-0.39, 0.29) is 11.5 Å². The molecule has 1 saturated carbocycles. The van der Waals surface area contributed by atoms with Crippen molar-refractivity contribution < 1.29 is 19.1 Å². The molecule has 5 heteroatoms. The van der Waals surface area contributed by atoms with Crippen LogP contribution in [-0.2, 0) is 6.42 Å². The van der Waals surface area contributed by atoms with Gasteiger partial charge in [0.15, 0.2) is 5.76 Å². The van der Waals surface area contributed by atoms with Crippen molar-refractivity contribution in [1.29, 1.82) is 0 Å². The summed E-state index contributed by atoms with van der Waals surface area (Å²) in [5, 5.41) is 14.9. The fourth-order valence-electron chi connectivity index (χ4n) is 5.27. The minimum Gasteiger partial charge on any atom is -0.487 e. The molecule has 5 nitrogen and oxygen atoms in total. The Morgan fingerprint density at radius 2 is 1.90 bits per heavy atom. The third-order valence-electron chi connectivity index (χ3n) is 6.83. The number of furan rings is 1. The zero-order valence-electron chi connectivity index (χ0n) is 17.9. The van der Waals surface area contributed by atoms with Crippen molar-refractivity contribution in [2.75, 3.05) is 6.54 Å². The normalized spacial score (nSPS) is 19.7. The van der Waals surface area contributed by atoms with E-state index in [4.69, 9.17) is 9.15 Å². The fourth-order valence-corrected chi connectivity index (χ4v) is 5.27. The molecule has 2 N–H and O–H groups in total. The predicted octanol–water partition coefficient (Wildman–Crippen LogP) is 5.23. The van der Waals surface area contributed by atoms with Gasteiger partial charge in [-0.3, -0.25) is 4.79 Å². The smallest absolute Gasteiger partial charge is 0.287 e. The van der Waals surface area contributed by atoms with E-state index in [1.807, 2.05) is 49.4 Å². The van der Waals surface area contributed by atoms with E-state index < -0.39 is 6.10 Å². The van der Waals surface area contributed by atoms with Crippen molar-refractivity contribution in [3.8, 4) is 5.75 Å². The molecule has 2 aliphatic rings. The Bertz CT molecular complexity index is 1100. The van der Waals surface area contributed by atoms with Crippen molar-refractivity contribution in [1.82, 2.24) is 5.32 Å². The number of aryl methyl sites for hydroxylation is 1. The molecule has 5 rings (SSSR count). The molecule has 0 bridgehead atoms. The van der Waals surface area contributed by atoms with Crippen molar-refractivity contribution in [2.24, 2.45) is 0 Å². The van der Waals surface area contributed by atoms with Gasteiger partial charge in [0.05, 0.1) is 6.10 Å². The molecule has 1 atom stereocenters. The summed E-state index contributed by atoms with van der Waals surface area (Å²) in [7, 11) is 0. The van der Waals surface area contributed by atoms with Gasteiger partial charge in [-0.2, -0.15) is 0 Å². The number of aliphatic hydroxyl groups is 1. The molecule has 162 valence electrons. The van der Waals surface area contributed by atoms with Gasteiger partial charge >= 0.3 is 0 Å². The molecule has 0 saturated heterocycles. The lowest BCUT2D eigenvalue weighted by Gasteiger charge is -2.43. The van der Waals surface area contributed by atoms with Gasteiger partial charge in [0, 0.05) is 29.5 Å². The molecule has 31 heavy (non-hydrogen) atoms. The van der Waals surface area contributed by atoms with E-state index in [0.29, 0.717) is 24.3 Å². The molecule has 2 aromatic carbocycles. The van der Waals surface area contributed by atoms with Gasteiger partial charge in [0.2, 0.25) is 0 Å². The maximum atomic E-state index is 12.8. The van der Waals surface area contributed by atoms with Crippen molar-refractivity contribution in [3.05, 3.63) is 64.9 Å². The van der Waals surface area contributed by atoms with Crippen LogP contribution in [0.5, 0.6) is 5.75 Å². The number of amides is 1. The Balaban J connectivity index is 1.40. The maximum Gasteiger partial charge on any atom is 0.287 e. The predicted molar refractivity (Wildman–Crippen MR) is 119 cm³/mol. The molecule has 2 heterocycles. The zero-order valence-corrected chi connectivity index (χ0v) is 17.9. The number of hydrogen-bond acceptors (Lipinski definition) is 4. The van der Waals surface area contributed by atoms with E-state index in [1.165, 1.54) is 12.0 Å².